The molecule has 2 heterocycles. The van der Waals surface area contributed by atoms with Gasteiger partial charge in [0.15, 0.2) is 0 Å². The molecule has 0 unspecified atom stereocenters. The molecule has 0 radical (unpaired) electrons. The molecule has 2 aliphatic rings. The highest BCUT2D eigenvalue weighted by molar-refractivity contribution is 7.89. The zero-order chi connectivity index (χ0) is 20.3. The zero-order valence-electron chi connectivity index (χ0n) is 15.7. The lowest BCUT2D eigenvalue weighted by molar-refractivity contribution is -0.145. The van der Waals surface area contributed by atoms with E-state index in [-0.39, 0.29) is 68.2 Å². The molecule has 9 nitrogen and oxygen atoms in total. The van der Waals surface area contributed by atoms with Gasteiger partial charge in [0.25, 0.3) is 0 Å². The highest BCUT2D eigenvalue weighted by Crippen LogP contribution is 2.21. The summed E-state index contributed by atoms with van der Waals surface area (Å²) in [5, 5.41) is 0. The van der Waals surface area contributed by atoms with E-state index >= 15 is 0 Å². The first-order valence-corrected chi connectivity index (χ1v) is 10.6. The van der Waals surface area contributed by atoms with Gasteiger partial charge < -0.3 is 9.64 Å². The largest absolute Gasteiger partial charge is 0.494 e. The van der Waals surface area contributed by atoms with E-state index < -0.39 is 10.0 Å². The fourth-order valence-electron chi connectivity index (χ4n) is 3.24. The van der Waals surface area contributed by atoms with Crippen molar-refractivity contribution < 1.29 is 27.5 Å². The molecule has 152 valence electrons. The van der Waals surface area contributed by atoms with Gasteiger partial charge in [-0.1, -0.05) is 0 Å². The van der Waals surface area contributed by atoms with Crippen LogP contribution >= 0.6 is 0 Å². The molecule has 1 aromatic carbocycles. The number of amides is 3. The van der Waals surface area contributed by atoms with Gasteiger partial charge in [-0.15, -0.1) is 0 Å². The molecule has 1 aromatic rings. The molecule has 28 heavy (non-hydrogen) atoms. The molecule has 0 atom stereocenters. The van der Waals surface area contributed by atoms with E-state index in [0.29, 0.717) is 12.4 Å². The van der Waals surface area contributed by atoms with Crippen molar-refractivity contribution in [2.75, 3.05) is 39.3 Å². The Labute approximate surface area is 163 Å². The first kappa shape index (κ1) is 20.3. The number of likely N-dealkylation sites (tertiary alicyclic amines) is 1. The third-order valence-electron chi connectivity index (χ3n) is 4.81. The quantitative estimate of drug-likeness (QED) is 0.616. The smallest absolute Gasteiger partial charge is 0.243 e. The number of piperazine rings is 1. The van der Waals surface area contributed by atoms with Crippen molar-refractivity contribution in [3.05, 3.63) is 24.3 Å². The molecule has 3 rings (SSSR count). The maximum Gasteiger partial charge on any atom is 0.243 e. The Bertz CT molecular complexity index is 844. The van der Waals surface area contributed by atoms with Crippen molar-refractivity contribution >= 4 is 27.7 Å². The molecular weight excluding hydrogens is 386 g/mol. The zero-order valence-corrected chi connectivity index (χ0v) is 16.5. The first-order chi connectivity index (χ1) is 13.3. The van der Waals surface area contributed by atoms with Gasteiger partial charge in [0, 0.05) is 39.0 Å². The SMILES string of the molecule is CCOc1ccc(S(=O)(=O)N2CCN(C(=O)CN3C(=O)CCC3=O)CC2)cc1. The maximum atomic E-state index is 12.8. The fraction of sp³-hybridized carbons (Fsp3) is 0.500. The number of rotatable bonds is 6. The summed E-state index contributed by atoms with van der Waals surface area (Å²) >= 11 is 0. The predicted octanol–water partition coefficient (Wildman–Crippen LogP) is 0.0672. The van der Waals surface area contributed by atoms with Crippen molar-refractivity contribution in [2.45, 2.75) is 24.7 Å². The monoisotopic (exact) mass is 409 g/mol. The van der Waals surface area contributed by atoms with Crippen LogP contribution in [0.15, 0.2) is 29.2 Å². The molecular formula is C18H23N3O6S. The standard InChI is InChI=1S/C18H23N3O6S/c1-2-27-14-3-5-15(6-4-14)28(25,26)20-11-9-19(10-12-20)18(24)13-21-16(22)7-8-17(21)23/h3-6H,2,7-13H2,1H3. The lowest BCUT2D eigenvalue weighted by Gasteiger charge is -2.34. The normalized spacial score (nSPS) is 18.6. The summed E-state index contributed by atoms with van der Waals surface area (Å²) < 4.78 is 32.2. The summed E-state index contributed by atoms with van der Waals surface area (Å²) in [7, 11) is -3.66. The first-order valence-electron chi connectivity index (χ1n) is 9.17. The Hall–Kier alpha value is -2.46. The fourth-order valence-corrected chi connectivity index (χ4v) is 4.66. The Morgan fingerprint density at radius 1 is 1.00 bits per heavy atom. The van der Waals surface area contributed by atoms with Crippen molar-refractivity contribution in [1.82, 2.24) is 14.1 Å². The van der Waals surface area contributed by atoms with Crippen LogP contribution in [0.25, 0.3) is 0 Å². The minimum atomic E-state index is -3.66. The van der Waals surface area contributed by atoms with E-state index in [1.807, 2.05) is 6.92 Å². The van der Waals surface area contributed by atoms with E-state index in [0.717, 1.165) is 4.90 Å². The molecule has 2 saturated heterocycles. The Balaban J connectivity index is 1.58. The average molecular weight is 409 g/mol. The summed E-state index contributed by atoms with van der Waals surface area (Å²) in [6.07, 6.45) is 0.278. The molecule has 2 aliphatic heterocycles. The van der Waals surface area contributed by atoms with E-state index in [4.69, 9.17) is 4.74 Å². The number of ether oxygens (including phenoxy) is 1. The van der Waals surface area contributed by atoms with E-state index in [1.165, 1.54) is 21.3 Å². The van der Waals surface area contributed by atoms with Gasteiger partial charge in [0.2, 0.25) is 27.7 Å². The molecule has 0 spiro atoms. The van der Waals surface area contributed by atoms with Crippen LogP contribution in [0.5, 0.6) is 5.75 Å². The minimum Gasteiger partial charge on any atom is -0.494 e. The van der Waals surface area contributed by atoms with Crippen LogP contribution in [-0.4, -0.2) is 79.6 Å². The van der Waals surface area contributed by atoms with E-state index in [9.17, 15) is 22.8 Å². The molecule has 2 fully saturated rings. The highest BCUT2D eigenvalue weighted by Gasteiger charge is 2.34. The Morgan fingerprint density at radius 3 is 2.11 bits per heavy atom. The number of hydrogen-bond donors (Lipinski definition) is 0. The third kappa shape index (κ3) is 4.17. The van der Waals surface area contributed by atoms with Crippen LogP contribution in [0.3, 0.4) is 0 Å². The lowest BCUT2D eigenvalue weighted by atomic mass is 10.3. The summed E-state index contributed by atoms with van der Waals surface area (Å²) in [6.45, 7) is 2.81. The Morgan fingerprint density at radius 2 is 1.57 bits per heavy atom. The molecule has 0 N–H and O–H groups in total. The van der Waals surface area contributed by atoms with Gasteiger partial charge in [0.1, 0.15) is 12.3 Å². The second-order valence-corrected chi connectivity index (χ2v) is 8.50. The van der Waals surface area contributed by atoms with Crippen LogP contribution in [0.4, 0.5) is 0 Å². The maximum absolute atomic E-state index is 12.8. The predicted molar refractivity (Wildman–Crippen MR) is 98.9 cm³/mol. The lowest BCUT2D eigenvalue weighted by Crippen LogP contribution is -2.53. The number of hydrogen-bond acceptors (Lipinski definition) is 6. The Kier molecular flexibility index (Phi) is 5.99. The highest BCUT2D eigenvalue weighted by atomic mass is 32.2. The molecule has 10 heteroatoms. The number of benzene rings is 1. The van der Waals surface area contributed by atoms with Crippen molar-refractivity contribution in [2.24, 2.45) is 0 Å². The second kappa shape index (κ2) is 8.27. The van der Waals surface area contributed by atoms with Crippen LogP contribution in [0.1, 0.15) is 19.8 Å². The van der Waals surface area contributed by atoms with Gasteiger partial charge in [-0.05, 0) is 31.2 Å². The van der Waals surface area contributed by atoms with Gasteiger partial charge in [-0.25, -0.2) is 8.42 Å². The molecule has 0 aliphatic carbocycles. The van der Waals surface area contributed by atoms with Crippen molar-refractivity contribution in [1.29, 1.82) is 0 Å². The number of imide groups is 1. The molecule has 3 amide bonds. The number of sulfonamides is 1. The molecule has 0 saturated carbocycles. The molecule has 0 bridgehead atoms. The average Bonchev–Trinajstić information content (AvgIpc) is 3.01. The van der Waals surface area contributed by atoms with Gasteiger partial charge in [-0.3, -0.25) is 19.3 Å². The molecule has 0 aromatic heterocycles. The second-order valence-electron chi connectivity index (χ2n) is 6.56. The summed E-state index contributed by atoms with van der Waals surface area (Å²) in [5.74, 6) is -0.422. The van der Waals surface area contributed by atoms with Gasteiger partial charge in [0.05, 0.1) is 11.5 Å². The van der Waals surface area contributed by atoms with E-state index in [1.54, 1.807) is 12.1 Å². The topological polar surface area (TPSA) is 104 Å². The van der Waals surface area contributed by atoms with Gasteiger partial charge >= 0.3 is 0 Å². The summed E-state index contributed by atoms with van der Waals surface area (Å²) in [6, 6.07) is 6.23. The van der Waals surface area contributed by atoms with Crippen molar-refractivity contribution in [3.8, 4) is 5.75 Å². The van der Waals surface area contributed by atoms with Crippen LogP contribution in [0.2, 0.25) is 0 Å². The van der Waals surface area contributed by atoms with Gasteiger partial charge in [-0.2, -0.15) is 4.31 Å². The van der Waals surface area contributed by atoms with Crippen LogP contribution < -0.4 is 4.74 Å². The number of carbonyl (C=O) groups excluding carboxylic acids is 3. The van der Waals surface area contributed by atoms with Crippen LogP contribution in [0, 0.1) is 0 Å². The van der Waals surface area contributed by atoms with E-state index in [2.05, 4.69) is 0 Å². The minimum absolute atomic E-state index is 0.139. The number of nitrogens with zero attached hydrogens (tertiary/aromatic N) is 3. The van der Waals surface area contributed by atoms with Crippen molar-refractivity contribution in [3.63, 3.8) is 0 Å². The third-order valence-corrected chi connectivity index (χ3v) is 6.72. The number of carbonyl (C=O) groups is 3. The summed E-state index contributed by atoms with van der Waals surface area (Å²) in [5.41, 5.74) is 0. The van der Waals surface area contributed by atoms with Crippen LogP contribution in [-0.2, 0) is 24.4 Å². The summed E-state index contributed by atoms with van der Waals surface area (Å²) in [4.78, 5) is 38.3.